The number of benzene rings is 2. The fraction of sp³-hybridized carbons (Fsp3) is 0.370. The van der Waals surface area contributed by atoms with Crippen LogP contribution in [0.5, 0.6) is 0 Å². The number of anilines is 1. The van der Waals surface area contributed by atoms with E-state index in [4.69, 9.17) is 0 Å². The Morgan fingerprint density at radius 1 is 1.06 bits per heavy atom. The van der Waals surface area contributed by atoms with Gasteiger partial charge in [-0.15, -0.1) is 0 Å². The number of para-hydroxylation sites is 1. The summed E-state index contributed by atoms with van der Waals surface area (Å²) in [4.78, 5) is 55.3. The first-order chi connectivity index (χ1) is 17.4. The highest BCUT2D eigenvalue weighted by molar-refractivity contribution is 6.09. The third-order valence-electron chi connectivity index (χ3n) is 7.11. The Morgan fingerprint density at radius 2 is 1.83 bits per heavy atom. The van der Waals surface area contributed by atoms with Crippen LogP contribution in [0.4, 0.5) is 5.69 Å². The molecule has 2 aromatic carbocycles. The van der Waals surface area contributed by atoms with Gasteiger partial charge in [-0.2, -0.15) is 0 Å². The molecule has 3 aromatic rings. The zero-order valence-corrected chi connectivity index (χ0v) is 20.2. The molecule has 9 nitrogen and oxygen atoms in total. The Hall–Kier alpha value is -3.85. The number of aromatic nitrogens is 2. The minimum atomic E-state index is -0.799. The number of nitrogens with zero attached hydrogens (tertiary/aromatic N) is 2. The quantitative estimate of drug-likeness (QED) is 0.476. The van der Waals surface area contributed by atoms with Crippen LogP contribution in [0.1, 0.15) is 53.5 Å². The van der Waals surface area contributed by atoms with Crippen molar-refractivity contribution < 1.29 is 14.4 Å². The highest BCUT2D eigenvalue weighted by atomic mass is 16.2. The number of amides is 3. The Balaban J connectivity index is 1.46. The Labute approximate surface area is 208 Å². The number of hydrogen-bond donors (Lipinski definition) is 3. The van der Waals surface area contributed by atoms with Crippen LogP contribution in [0.15, 0.2) is 47.3 Å². The maximum Gasteiger partial charge on any atom is 0.262 e. The summed E-state index contributed by atoms with van der Waals surface area (Å²) in [6, 6.07) is 11.9. The van der Waals surface area contributed by atoms with Crippen LogP contribution in [0.25, 0.3) is 10.9 Å². The topological polar surface area (TPSA) is 122 Å². The van der Waals surface area contributed by atoms with Gasteiger partial charge in [-0.05, 0) is 75.4 Å². The summed E-state index contributed by atoms with van der Waals surface area (Å²) in [5.41, 5.74) is 2.04. The predicted octanol–water partition coefficient (Wildman–Crippen LogP) is 2.48. The van der Waals surface area contributed by atoms with Crippen LogP contribution >= 0.6 is 0 Å². The van der Waals surface area contributed by atoms with E-state index in [0.717, 1.165) is 37.9 Å². The summed E-state index contributed by atoms with van der Waals surface area (Å²) in [5, 5.41) is 8.93. The largest absolute Gasteiger partial charge is 0.320 e. The molecule has 1 atom stereocenters. The predicted molar refractivity (Wildman–Crippen MR) is 136 cm³/mol. The molecule has 3 heterocycles. The van der Waals surface area contributed by atoms with Gasteiger partial charge in [-0.3, -0.25) is 29.1 Å². The van der Waals surface area contributed by atoms with Crippen LogP contribution in [-0.4, -0.2) is 40.4 Å². The van der Waals surface area contributed by atoms with E-state index in [1.807, 2.05) is 24.3 Å². The van der Waals surface area contributed by atoms with E-state index in [1.165, 1.54) is 4.57 Å². The molecular weight excluding hydrogens is 458 g/mol. The maximum absolute atomic E-state index is 13.4. The molecule has 0 bridgehead atoms. The lowest BCUT2D eigenvalue weighted by Gasteiger charge is -2.24. The molecule has 1 unspecified atom stereocenters. The van der Waals surface area contributed by atoms with Crippen molar-refractivity contribution in [3.8, 4) is 0 Å². The molecular formula is C27H29N5O4. The number of rotatable bonds is 5. The van der Waals surface area contributed by atoms with Crippen molar-refractivity contribution in [1.29, 1.82) is 0 Å². The number of carbonyl (C=O) groups excluding carboxylic acids is 3. The Morgan fingerprint density at radius 3 is 2.61 bits per heavy atom. The summed E-state index contributed by atoms with van der Waals surface area (Å²) in [5.74, 6) is -0.225. The van der Waals surface area contributed by atoms with Gasteiger partial charge >= 0.3 is 0 Å². The second-order valence-corrected chi connectivity index (χ2v) is 9.51. The van der Waals surface area contributed by atoms with Crippen LogP contribution in [0.3, 0.4) is 0 Å². The first kappa shape index (κ1) is 23.9. The van der Waals surface area contributed by atoms with Crippen LogP contribution in [-0.2, 0) is 16.0 Å². The second kappa shape index (κ2) is 10.0. The summed E-state index contributed by atoms with van der Waals surface area (Å²) >= 11 is 0. The number of hydrogen-bond acceptors (Lipinski definition) is 6. The summed E-state index contributed by atoms with van der Waals surface area (Å²) in [7, 11) is 0. The standard InChI is InChI=1S/C27H29N5O4/c1-16-29-24-20(27(36)32(16)22-9-10-23(33)31-26(22)35)7-4-8-21(24)30-25(34)19-6-3-2-5-18(19)15-17-11-13-28-14-12-17/h2-8,17,22,28H,9-15H2,1H3,(H,30,34)(H,31,33,35). The zero-order chi connectivity index (χ0) is 25.2. The molecule has 3 amide bonds. The lowest BCUT2D eigenvalue weighted by Crippen LogP contribution is -2.45. The van der Waals surface area contributed by atoms with Gasteiger partial charge in [0.05, 0.1) is 11.1 Å². The molecule has 0 aliphatic carbocycles. The van der Waals surface area contributed by atoms with Crippen molar-refractivity contribution in [2.75, 3.05) is 18.4 Å². The third kappa shape index (κ3) is 4.66. The fourth-order valence-electron chi connectivity index (χ4n) is 5.23. The van der Waals surface area contributed by atoms with Gasteiger partial charge in [-0.25, -0.2) is 4.98 Å². The third-order valence-corrected chi connectivity index (χ3v) is 7.11. The first-order valence-corrected chi connectivity index (χ1v) is 12.4. The molecule has 1 aromatic heterocycles. The van der Waals surface area contributed by atoms with E-state index in [9.17, 15) is 19.2 Å². The molecule has 2 saturated heterocycles. The molecule has 0 spiro atoms. The van der Waals surface area contributed by atoms with Crippen molar-refractivity contribution in [2.45, 2.75) is 45.1 Å². The van der Waals surface area contributed by atoms with Gasteiger partial charge in [0.2, 0.25) is 11.8 Å². The number of nitrogens with one attached hydrogen (secondary N) is 3. The lowest BCUT2D eigenvalue weighted by atomic mass is 9.89. The van der Waals surface area contributed by atoms with Crippen LogP contribution in [0, 0.1) is 12.8 Å². The first-order valence-electron chi connectivity index (χ1n) is 12.4. The molecule has 5 rings (SSSR count). The normalized spacial score (nSPS) is 18.8. The number of imide groups is 1. The summed E-state index contributed by atoms with van der Waals surface area (Å²) in [6.07, 6.45) is 3.41. The number of piperidine rings is 2. The second-order valence-electron chi connectivity index (χ2n) is 9.51. The SMILES string of the molecule is Cc1nc2c(NC(=O)c3ccccc3CC3CCNCC3)cccc2c(=O)n1C1CCC(=O)NC1=O. The molecule has 186 valence electrons. The minimum Gasteiger partial charge on any atom is -0.320 e. The average molecular weight is 488 g/mol. The maximum atomic E-state index is 13.4. The van der Waals surface area contributed by atoms with Crippen molar-refractivity contribution >= 4 is 34.3 Å². The summed E-state index contributed by atoms with van der Waals surface area (Å²) in [6.45, 7) is 3.64. The van der Waals surface area contributed by atoms with Gasteiger partial charge in [-0.1, -0.05) is 24.3 Å². The van der Waals surface area contributed by atoms with Gasteiger partial charge in [0, 0.05) is 12.0 Å². The molecule has 0 saturated carbocycles. The monoisotopic (exact) mass is 487 g/mol. The number of aryl methyl sites for hydroxylation is 1. The van der Waals surface area contributed by atoms with E-state index >= 15 is 0 Å². The van der Waals surface area contributed by atoms with Crippen molar-refractivity contribution in [3.05, 3.63) is 69.8 Å². The van der Waals surface area contributed by atoms with Crippen molar-refractivity contribution in [2.24, 2.45) is 5.92 Å². The van der Waals surface area contributed by atoms with Gasteiger partial charge in [0.25, 0.3) is 11.5 Å². The van der Waals surface area contributed by atoms with E-state index < -0.39 is 11.9 Å². The zero-order valence-electron chi connectivity index (χ0n) is 20.2. The number of fused-ring (bicyclic) bond motifs is 1. The van der Waals surface area contributed by atoms with Crippen molar-refractivity contribution in [3.63, 3.8) is 0 Å². The minimum absolute atomic E-state index is 0.160. The van der Waals surface area contributed by atoms with E-state index in [1.54, 1.807) is 25.1 Å². The smallest absolute Gasteiger partial charge is 0.262 e. The molecule has 0 radical (unpaired) electrons. The van der Waals surface area contributed by atoms with Crippen LogP contribution < -0.4 is 21.5 Å². The van der Waals surface area contributed by atoms with Crippen molar-refractivity contribution in [1.82, 2.24) is 20.2 Å². The highest BCUT2D eigenvalue weighted by Crippen LogP contribution is 2.25. The highest BCUT2D eigenvalue weighted by Gasteiger charge is 2.30. The van der Waals surface area contributed by atoms with E-state index in [-0.39, 0.29) is 30.2 Å². The molecule has 2 aliphatic heterocycles. The van der Waals surface area contributed by atoms with Gasteiger partial charge in [0.1, 0.15) is 17.4 Å². The van der Waals surface area contributed by atoms with Gasteiger partial charge < -0.3 is 10.6 Å². The molecule has 2 fully saturated rings. The molecule has 3 N–H and O–H groups in total. The molecule has 2 aliphatic rings. The van der Waals surface area contributed by atoms with E-state index in [2.05, 4.69) is 20.9 Å². The van der Waals surface area contributed by atoms with E-state index in [0.29, 0.717) is 33.9 Å². The molecule has 9 heteroatoms. The fourth-order valence-corrected chi connectivity index (χ4v) is 5.23. The number of carbonyl (C=O) groups is 3. The molecule has 36 heavy (non-hydrogen) atoms. The average Bonchev–Trinajstić information content (AvgIpc) is 2.87. The Kier molecular flexibility index (Phi) is 6.65. The Bertz CT molecular complexity index is 1410. The van der Waals surface area contributed by atoms with Gasteiger partial charge in [0.15, 0.2) is 0 Å². The summed E-state index contributed by atoms with van der Waals surface area (Å²) < 4.78 is 1.34. The lowest BCUT2D eigenvalue weighted by molar-refractivity contribution is -0.135. The van der Waals surface area contributed by atoms with Crippen LogP contribution in [0.2, 0.25) is 0 Å².